The lowest BCUT2D eigenvalue weighted by Gasteiger charge is -2.35. The number of rotatable bonds is 3. The topological polar surface area (TPSA) is 47.1 Å². The Morgan fingerprint density at radius 1 is 1.28 bits per heavy atom. The van der Waals surface area contributed by atoms with Crippen molar-refractivity contribution >= 4 is 5.95 Å². The molecule has 0 saturated carbocycles. The number of imidazole rings is 1. The molecule has 18 heavy (non-hydrogen) atoms. The van der Waals surface area contributed by atoms with Crippen LogP contribution in [0.2, 0.25) is 0 Å². The van der Waals surface area contributed by atoms with Crippen LogP contribution in [0.15, 0.2) is 6.20 Å². The number of nitrogens with two attached hydrogens (primary N) is 1. The molecular weight excluding hydrogens is 224 g/mol. The molecule has 2 N–H and O–H groups in total. The number of anilines is 1. The first-order chi connectivity index (χ1) is 8.49. The van der Waals surface area contributed by atoms with Gasteiger partial charge in [-0.2, -0.15) is 0 Å². The summed E-state index contributed by atoms with van der Waals surface area (Å²) < 4.78 is 2.28. The zero-order chi connectivity index (χ0) is 13.3. The van der Waals surface area contributed by atoms with Gasteiger partial charge in [-0.1, -0.05) is 0 Å². The molecule has 0 aromatic carbocycles. The summed E-state index contributed by atoms with van der Waals surface area (Å²) in [5, 5.41) is 0. The van der Waals surface area contributed by atoms with Crippen LogP contribution >= 0.6 is 0 Å². The van der Waals surface area contributed by atoms with Gasteiger partial charge in [0.2, 0.25) is 5.95 Å². The standard InChI is InChI=1S/C14H26N4/c1-10(2)18-9-11(3)16-14(18)17-7-5-13(6-8-17)12(4)15/h9-10,12-13H,5-8,15H2,1-4H3. The molecule has 2 rings (SSSR count). The van der Waals surface area contributed by atoms with E-state index in [0.717, 1.165) is 24.7 Å². The van der Waals surface area contributed by atoms with E-state index in [-0.39, 0.29) is 0 Å². The summed E-state index contributed by atoms with van der Waals surface area (Å²) in [7, 11) is 0. The maximum Gasteiger partial charge on any atom is 0.205 e. The Morgan fingerprint density at radius 2 is 1.89 bits per heavy atom. The van der Waals surface area contributed by atoms with E-state index in [1.54, 1.807) is 0 Å². The summed E-state index contributed by atoms with van der Waals surface area (Å²) in [6.45, 7) is 10.8. The predicted molar refractivity (Wildman–Crippen MR) is 75.9 cm³/mol. The van der Waals surface area contributed by atoms with Crippen molar-refractivity contribution in [2.24, 2.45) is 11.7 Å². The van der Waals surface area contributed by atoms with Crippen LogP contribution in [0.4, 0.5) is 5.95 Å². The molecule has 1 saturated heterocycles. The Hall–Kier alpha value is -1.03. The summed E-state index contributed by atoms with van der Waals surface area (Å²) in [5.41, 5.74) is 7.10. The fraction of sp³-hybridized carbons (Fsp3) is 0.786. The molecule has 0 amide bonds. The molecule has 0 radical (unpaired) electrons. The number of aromatic nitrogens is 2. The highest BCUT2D eigenvalue weighted by molar-refractivity contribution is 5.34. The van der Waals surface area contributed by atoms with Crippen LogP contribution in [0.3, 0.4) is 0 Å². The van der Waals surface area contributed by atoms with Gasteiger partial charge in [-0.3, -0.25) is 0 Å². The van der Waals surface area contributed by atoms with E-state index >= 15 is 0 Å². The van der Waals surface area contributed by atoms with E-state index in [1.807, 2.05) is 0 Å². The Morgan fingerprint density at radius 3 is 2.39 bits per heavy atom. The van der Waals surface area contributed by atoms with Crippen LogP contribution in [0.25, 0.3) is 0 Å². The van der Waals surface area contributed by atoms with Gasteiger partial charge >= 0.3 is 0 Å². The van der Waals surface area contributed by atoms with Crippen molar-refractivity contribution in [2.75, 3.05) is 18.0 Å². The first-order valence-electron chi connectivity index (χ1n) is 7.05. The molecule has 1 aliphatic rings. The van der Waals surface area contributed by atoms with E-state index in [9.17, 15) is 0 Å². The second-order valence-electron chi connectivity index (χ2n) is 5.87. The lowest BCUT2D eigenvalue weighted by atomic mass is 9.91. The molecule has 0 aliphatic carbocycles. The minimum absolute atomic E-state index is 0.318. The van der Waals surface area contributed by atoms with Crippen molar-refractivity contribution in [1.29, 1.82) is 0 Å². The predicted octanol–water partition coefficient (Wildman–Crippen LogP) is 2.34. The number of aryl methyl sites for hydroxylation is 1. The van der Waals surface area contributed by atoms with E-state index < -0.39 is 0 Å². The van der Waals surface area contributed by atoms with Crippen molar-refractivity contribution in [3.05, 3.63) is 11.9 Å². The van der Waals surface area contributed by atoms with Crippen molar-refractivity contribution in [3.63, 3.8) is 0 Å². The quantitative estimate of drug-likeness (QED) is 0.895. The SMILES string of the molecule is Cc1cn(C(C)C)c(N2CCC(C(C)N)CC2)n1. The average Bonchev–Trinajstić information content (AvgIpc) is 2.71. The minimum Gasteiger partial charge on any atom is -0.342 e. The van der Waals surface area contributed by atoms with Gasteiger partial charge in [0.15, 0.2) is 0 Å². The van der Waals surface area contributed by atoms with E-state index in [1.165, 1.54) is 12.8 Å². The molecule has 0 bridgehead atoms. The van der Waals surface area contributed by atoms with Crippen molar-refractivity contribution in [3.8, 4) is 0 Å². The van der Waals surface area contributed by atoms with Crippen LogP contribution in [0, 0.1) is 12.8 Å². The summed E-state index contributed by atoms with van der Waals surface area (Å²) in [4.78, 5) is 7.09. The van der Waals surface area contributed by atoms with Crippen LogP contribution in [-0.2, 0) is 0 Å². The third-order valence-corrected chi connectivity index (χ3v) is 3.96. The highest BCUT2D eigenvalue weighted by Crippen LogP contribution is 2.26. The molecule has 2 heterocycles. The fourth-order valence-corrected chi connectivity index (χ4v) is 2.74. The molecule has 1 aromatic rings. The first-order valence-corrected chi connectivity index (χ1v) is 7.05. The lowest BCUT2D eigenvalue weighted by Crippen LogP contribution is -2.40. The Balaban J connectivity index is 2.09. The van der Waals surface area contributed by atoms with Crippen molar-refractivity contribution < 1.29 is 0 Å². The Bertz CT molecular complexity index is 386. The second-order valence-corrected chi connectivity index (χ2v) is 5.87. The van der Waals surface area contributed by atoms with Gasteiger partial charge < -0.3 is 15.2 Å². The maximum atomic E-state index is 5.99. The van der Waals surface area contributed by atoms with Crippen LogP contribution in [0.5, 0.6) is 0 Å². The Labute approximate surface area is 110 Å². The lowest BCUT2D eigenvalue weighted by molar-refractivity contribution is 0.350. The number of hydrogen-bond donors (Lipinski definition) is 1. The third-order valence-electron chi connectivity index (χ3n) is 3.96. The summed E-state index contributed by atoms with van der Waals surface area (Å²) in [5.74, 6) is 1.80. The largest absolute Gasteiger partial charge is 0.342 e. The van der Waals surface area contributed by atoms with Crippen LogP contribution in [-0.4, -0.2) is 28.7 Å². The average molecular weight is 250 g/mol. The third kappa shape index (κ3) is 2.69. The van der Waals surface area contributed by atoms with Gasteiger partial charge in [0.05, 0.1) is 5.69 Å². The number of nitrogens with zero attached hydrogens (tertiary/aromatic N) is 3. The molecule has 1 aliphatic heterocycles. The van der Waals surface area contributed by atoms with Gasteiger partial charge in [-0.15, -0.1) is 0 Å². The molecule has 4 heteroatoms. The molecule has 1 aromatic heterocycles. The zero-order valence-electron chi connectivity index (χ0n) is 12.1. The molecule has 4 nitrogen and oxygen atoms in total. The van der Waals surface area contributed by atoms with Gasteiger partial charge in [-0.05, 0) is 46.5 Å². The first kappa shape index (κ1) is 13.4. The monoisotopic (exact) mass is 250 g/mol. The molecule has 1 fully saturated rings. The molecule has 1 atom stereocenters. The molecular formula is C14H26N4. The van der Waals surface area contributed by atoms with Crippen LogP contribution < -0.4 is 10.6 Å². The van der Waals surface area contributed by atoms with Gasteiger partial charge in [0.25, 0.3) is 0 Å². The normalized spacial score (nSPS) is 19.6. The van der Waals surface area contributed by atoms with Gasteiger partial charge in [0, 0.05) is 31.4 Å². The zero-order valence-corrected chi connectivity index (χ0v) is 12.1. The van der Waals surface area contributed by atoms with Gasteiger partial charge in [-0.25, -0.2) is 4.98 Å². The summed E-state index contributed by atoms with van der Waals surface area (Å²) in [6.07, 6.45) is 4.51. The van der Waals surface area contributed by atoms with Crippen LogP contribution in [0.1, 0.15) is 45.3 Å². The maximum absolute atomic E-state index is 5.99. The second kappa shape index (κ2) is 5.31. The molecule has 102 valence electrons. The van der Waals surface area contributed by atoms with Crippen molar-refractivity contribution in [2.45, 2.75) is 52.6 Å². The Kier molecular flexibility index (Phi) is 3.95. The van der Waals surface area contributed by atoms with Gasteiger partial charge in [0.1, 0.15) is 0 Å². The molecule has 0 spiro atoms. The van der Waals surface area contributed by atoms with E-state index in [0.29, 0.717) is 18.0 Å². The van der Waals surface area contributed by atoms with E-state index in [4.69, 9.17) is 5.73 Å². The van der Waals surface area contributed by atoms with E-state index in [2.05, 4.69) is 48.3 Å². The number of piperidine rings is 1. The summed E-state index contributed by atoms with van der Waals surface area (Å²) in [6, 6.07) is 0.783. The van der Waals surface area contributed by atoms with Crippen molar-refractivity contribution in [1.82, 2.24) is 9.55 Å². The molecule has 1 unspecified atom stereocenters. The summed E-state index contributed by atoms with van der Waals surface area (Å²) >= 11 is 0. The highest BCUT2D eigenvalue weighted by Gasteiger charge is 2.24. The number of hydrogen-bond acceptors (Lipinski definition) is 3. The minimum atomic E-state index is 0.318. The fourth-order valence-electron chi connectivity index (χ4n) is 2.74. The smallest absolute Gasteiger partial charge is 0.205 e. The highest BCUT2D eigenvalue weighted by atomic mass is 15.3.